The molecule has 0 radical (unpaired) electrons. The number of halogens is 3. The molecule has 0 aliphatic carbocycles. The molecule has 2 aromatic rings. The first-order chi connectivity index (χ1) is 9.56. The molecule has 0 spiro atoms. The Bertz CT molecular complexity index is 619. The molecule has 0 aliphatic heterocycles. The lowest BCUT2D eigenvalue weighted by Crippen LogP contribution is -2.19. The van der Waals surface area contributed by atoms with Crippen molar-refractivity contribution < 1.29 is 4.74 Å². The molecular formula is C15H14Br2ClNO. The molecule has 0 fully saturated rings. The van der Waals surface area contributed by atoms with Gasteiger partial charge in [0.1, 0.15) is 5.75 Å². The van der Waals surface area contributed by atoms with E-state index in [2.05, 4.69) is 37.2 Å². The van der Waals surface area contributed by atoms with E-state index in [0.29, 0.717) is 5.02 Å². The molecule has 0 saturated carbocycles. The van der Waals surface area contributed by atoms with Crippen LogP contribution in [-0.2, 0) is 0 Å². The van der Waals surface area contributed by atoms with Crippen LogP contribution in [0.5, 0.6) is 5.75 Å². The highest BCUT2D eigenvalue weighted by Crippen LogP contribution is 2.36. The summed E-state index contributed by atoms with van der Waals surface area (Å²) in [5.74, 6) is 0.825. The van der Waals surface area contributed by atoms with E-state index in [1.54, 1.807) is 7.11 Å². The zero-order valence-electron chi connectivity index (χ0n) is 11.1. The second-order valence-electron chi connectivity index (χ2n) is 4.27. The highest BCUT2D eigenvalue weighted by atomic mass is 79.9. The molecule has 2 rings (SSSR count). The van der Waals surface area contributed by atoms with Crippen LogP contribution in [0.3, 0.4) is 0 Å². The van der Waals surface area contributed by atoms with Crippen LogP contribution < -0.4 is 10.1 Å². The second-order valence-corrected chi connectivity index (χ2v) is 6.51. The third kappa shape index (κ3) is 3.37. The molecule has 5 heteroatoms. The van der Waals surface area contributed by atoms with Crippen LogP contribution in [0.2, 0.25) is 5.02 Å². The van der Waals surface area contributed by atoms with Crippen molar-refractivity contribution in [1.82, 2.24) is 5.32 Å². The molecule has 1 atom stereocenters. The van der Waals surface area contributed by atoms with E-state index < -0.39 is 0 Å². The first kappa shape index (κ1) is 15.8. The van der Waals surface area contributed by atoms with Crippen LogP contribution in [-0.4, -0.2) is 14.2 Å². The highest BCUT2D eigenvalue weighted by Gasteiger charge is 2.19. The number of methoxy groups -OCH3 is 1. The van der Waals surface area contributed by atoms with Crippen molar-refractivity contribution in [3.63, 3.8) is 0 Å². The fraction of sp³-hybridized carbons (Fsp3) is 0.200. The Kier molecular flexibility index (Phi) is 5.49. The third-order valence-electron chi connectivity index (χ3n) is 3.06. The van der Waals surface area contributed by atoms with Crippen LogP contribution in [0.1, 0.15) is 17.2 Å². The van der Waals surface area contributed by atoms with E-state index in [-0.39, 0.29) is 6.04 Å². The van der Waals surface area contributed by atoms with Gasteiger partial charge in [-0.2, -0.15) is 0 Å². The molecule has 0 saturated heterocycles. The van der Waals surface area contributed by atoms with Gasteiger partial charge in [-0.25, -0.2) is 0 Å². The Hall–Kier alpha value is -0.550. The Labute approximate surface area is 140 Å². The molecule has 1 unspecified atom stereocenters. The normalized spacial score (nSPS) is 12.2. The van der Waals surface area contributed by atoms with E-state index in [1.165, 1.54) is 0 Å². The van der Waals surface area contributed by atoms with Crippen LogP contribution in [0.15, 0.2) is 45.3 Å². The standard InChI is InChI=1S/C15H14Br2ClNO/c1-19-15(11-5-3-10(17)8-13(11)18)12-7-9(16)4-6-14(12)20-2/h3-8,15,19H,1-2H3. The van der Waals surface area contributed by atoms with E-state index >= 15 is 0 Å². The molecule has 0 aromatic heterocycles. The van der Waals surface area contributed by atoms with Gasteiger partial charge in [-0.3, -0.25) is 0 Å². The van der Waals surface area contributed by atoms with E-state index in [9.17, 15) is 0 Å². The molecule has 0 heterocycles. The lowest BCUT2D eigenvalue weighted by molar-refractivity contribution is 0.405. The van der Waals surface area contributed by atoms with Crippen LogP contribution in [0.25, 0.3) is 0 Å². The lowest BCUT2D eigenvalue weighted by Gasteiger charge is -2.21. The minimum Gasteiger partial charge on any atom is -0.496 e. The minimum atomic E-state index is -0.0388. The maximum absolute atomic E-state index is 6.37. The zero-order valence-corrected chi connectivity index (χ0v) is 15.0. The summed E-state index contributed by atoms with van der Waals surface area (Å²) in [6, 6.07) is 11.8. The number of benzene rings is 2. The van der Waals surface area contributed by atoms with Gasteiger partial charge in [-0.1, -0.05) is 49.5 Å². The van der Waals surface area contributed by atoms with Crippen molar-refractivity contribution in [2.75, 3.05) is 14.2 Å². The summed E-state index contributed by atoms with van der Waals surface area (Å²) in [7, 11) is 3.58. The Morgan fingerprint density at radius 3 is 2.30 bits per heavy atom. The molecular weight excluding hydrogens is 405 g/mol. The quantitative estimate of drug-likeness (QED) is 0.737. The van der Waals surface area contributed by atoms with E-state index in [4.69, 9.17) is 16.3 Å². The first-order valence-electron chi connectivity index (χ1n) is 6.02. The molecule has 1 N–H and O–H groups in total. The van der Waals surface area contributed by atoms with Crippen LogP contribution in [0, 0.1) is 0 Å². The summed E-state index contributed by atoms with van der Waals surface area (Å²) in [5.41, 5.74) is 2.04. The SMILES string of the molecule is CNC(c1ccc(Br)cc1Cl)c1cc(Br)ccc1OC. The number of hydrogen-bond acceptors (Lipinski definition) is 2. The summed E-state index contributed by atoms with van der Waals surface area (Å²) in [5, 5.41) is 4.01. The summed E-state index contributed by atoms with van der Waals surface area (Å²) >= 11 is 13.3. The molecule has 20 heavy (non-hydrogen) atoms. The average molecular weight is 420 g/mol. The van der Waals surface area contributed by atoms with Gasteiger partial charge in [0.15, 0.2) is 0 Å². The van der Waals surface area contributed by atoms with Crippen LogP contribution in [0.4, 0.5) is 0 Å². The van der Waals surface area contributed by atoms with Gasteiger partial charge in [0.25, 0.3) is 0 Å². The summed E-state index contributed by atoms with van der Waals surface area (Å²) < 4.78 is 7.42. The van der Waals surface area contributed by atoms with Gasteiger partial charge in [0.05, 0.1) is 13.2 Å². The zero-order chi connectivity index (χ0) is 14.7. The fourth-order valence-electron chi connectivity index (χ4n) is 2.14. The number of nitrogens with one attached hydrogen (secondary N) is 1. The fourth-order valence-corrected chi connectivity index (χ4v) is 3.31. The van der Waals surface area contributed by atoms with Crippen molar-refractivity contribution in [3.05, 3.63) is 61.5 Å². The van der Waals surface area contributed by atoms with Crippen molar-refractivity contribution in [1.29, 1.82) is 0 Å². The highest BCUT2D eigenvalue weighted by molar-refractivity contribution is 9.10. The van der Waals surface area contributed by atoms with Crippen molar-refractivity contribution in [2.45, 2.75) is 6.04 Å². The maximum Gasteiger partial charge on any atom is 0.124 e. The summed E-state index contributed by atoms with van der Waals surface area (Å²) in [4.78, 5) is 0. The van der Waals surface area contributed by atoms with Crippen LogP contribution >= 0.6 is 43.5 Å². The van der Waals surface area contributed by atoms with Gasteiger partial charge >= 0.3 is 0 Å². The number of rotatable bonds is 4. The molecule has 0 aliphatic rings. The number of hydrogen-bond donors (Lipinski definition) is 1. The number of ether oxygens (including phenoxy) is 1. The summed E-state index contributed by atoms with van der Waals surface area (Å²) in [6.07, 6.45) is 0. The Balaban J connectivity index is 2.54. The topological polar surface area (TPSA) is 21.3 Å². The van der Waals surface area contributed by atoms with Gasteiger partial charge in [-0.05, 0) is 42.9 Å². The van der Waals surface area contributed by atoms with Crippen molar-refractivity contribution in [2.24, 2.45) is 0 Å². The van der Waals surface area contributed by atoms with Gasteiger partial charge in [-0.15, -0.1) is 0 Å². The van der Waals surface area contributed by atoms with E-state index in [1.807, 2.05) is 43.4 Å². The molecule has 0 amide bonds. The Morgan fingerprint density at radius 1 is 1.05 bits per heavy atom. The Morgan fingerprint density at radius 2 is 1.70 bits per heavy atom. The molecule has 2 aromatic carbocycles. The summed E-state index contributed by atoms with van der Waals surface area (Å²) in [6.45, 7) is 0. The average Bonchev–Trinajstić information content (AvgIpc) is 2.42. The maximum atomic E-state index is 6.37. The van der Waals surface area contributed by atoms with Gasteiger partial charge in [0, 0.05) is 19.5 Å². The smallest absolute Gasteiger partial charge is 0.124 e. The van der Waals surface area contributed by atoms with Crippen molar-refractivity contribution >= 4 is 43.5 Å². The predicted octanol–water partition coefficient (Wildman–Crippen LogP) is 5.18. The minimum absolute atomic E-state index is 0.0388. The van der Waals surface area contributed by atoms with Gasteiger partial charge in [0.2, 0.25) is 0 Å². The third-order valence-corrected chi connectivity index (χ3v) is 4.38. The van der Waals surface area contributed by atoms with E-state index in [0.717, 1.165) is 25.8 Å². The van der Waals surface area contributed by atoms with Crippen molar-refractivity contribution in [3.8, 4) is 5.75 Å². The second kappa shape index (κ2) is 6.94. The monoisotopic (exact) mass is 417 g/mol. The first-order valence-corrected chi connectivity index (χ1v) is 7.99. The molecule has 106 valence electrons. The largest absolute Gasteiger partial charge is 0.496 e. The predicted molar refractivity (Wildman–Crippen MR) is 90.7 cm³/mol. The lowest BCUT2D eigenvalue weighted by atomic mass is 9.98. The van der Waals surface area contributed by atoms with Gasteiger partial charge < -0.3 is 10.1 Å². The molecule has 0 bridgehead atoms. The molecule has 2 nitrogen and oxygen atoms in total.